The van der Waals surface area contributed by atoms with Crippen molar-refractivity contribution in [2.45, 2.75) is 23.8 Å². The lowest BCUT2D eigenvalue weighted by molar-refractivity contribution is 0.0624. The van der Waals surface area contributed by atoms with Crippen molar-refractivity contribution in [3.63, 3.8) is 0 Å². The number of halogens is 1. The molecule has 0 radical (unpaired) electrons. The summed E-state index contributed by atoms with van der Waals surface area (Å²) in [5.74, 6) is -0.335. The maximum absolute atomic E-state index is 12.1. The fraction of sp³-hybridized carbons (Fsp3) is 0.417. The number of primary sulfonamides is 1. The van der Waals surface area contributed by atoms with Crippen LogP contribution in [0.25, 0.3) is 0 Å². The first-order valence-corrected chi connectivity index (χ1v) is 8.43. The largest absolute Gasteiger partial charge is 0.379 e. The summed E-state index contributed by atoms with van der Waals surface area (Å²) < 4.78 is 28.4. The Balaban J connectivity index is 2.18. The summed E-state index contributed by atoms with van der Waals surface area (Å²) in [5.41, 5.74) is 0.253. The Bertz CT molecular complexity index is 612. The molecule has 110 valence electrons. The molecule has 0 bridgehead atoms. The van der Waals surface area contributed by atoms with Gasteiger partial charge in [-0.3, -0.25) is 4.79 Å². The van der Waals surface area contributed by atoms with Crippen molar-refractivity contribution in [1.82, 2.24) is 5.32 Å². The van der Waals surface area contributed by atoms with Crippen LogP contribution in [0.2, 0.25) is 0 Å². The molecule has 1 aliphatic rings. The number of nitrogens with two attached hydrogens (primary N) is 1. The Kier molecular flexibility index (Phi) is 4.79. The molecule has 1 unspecified atom stereocenters. The number of hydrogen-bond acceptors (Lipinski definition) is 4. The fourth-order valence-corrected chi connectivity index (χ4v) is 3.54. The molecule has 1 fully saturated rings. The van der Waals surface area contributed by atoms with Gasteiger partial charge in [0.05, 0.1) is 17.5 Å². The highest BCUT2D eigenvalue weighted by Crippen LogP contribution is 2.22. The SMILES string of the molecule is NS(=O)(=O)c1cc(C(=O)NC2CCCOC2)ccc1Br. The van der Waals surface area contributed by atoms with E-state index >= 15 is 0 Å². The van der Waals surface area contributed by atoms with E-state index in [9.17, 15) is 13.2 Å². The molecule has 20 heavy (non-hydrogen) atoms. The summed E-state index contributed by atoms with van der Waals surface area (Å²) >= 11 is 3.10. The van der Waals surface area contributed by atoms with Crippen molar-refractivity contribution >= 4 is 31.9 Å². The molecule has 0 aliphatic carbocycles. The Morgan fingerprint density at radius 2 is 2.20 bits per heavy atom. The third-order valence-electron chi connectivity index (χ3n) is 3.00. The molecule has 6 nitrogen and oxygen atoms in total. The molecule has 1 aromatic rings. The third kappa shape index (κ3) is 3.78. The molecular weight excluding hydrogens is 348 g/mol. The number of nitrogens with one attached hydrogen (secondary N) is 1. The van der Waals surface area contributed by atoms with Crippen LogP contribution in [0.3, 0.4) is 0 Å². The van der Waals surface area contributed by atoms with Crippen LogP contribution in [0.15, 0.2) is 27.6 Å². The van der Waals surface area contributed by atoms with Crippen molar-refractivity contribution in [3.05, 3.63) is 28.2 Å². The zero-order valence-corrected chi connectivity index (χ0v) is 13.0. The van der Waals surface area contributed by atoms with Crippen LogP contribution in [0.4, 0.5) is 0 Å². The van der Waals surface area contributed by atoms with Gasteiger partial charge in [0.2, 0.25) is 10.0 Å². The van der Waals surface area contributed by atoms with Crippen molar-refractivity contribution in [2.75, 3.05) is 13.2 Å². The van der Waals surface area contributed by atoms with Gasteiger partial charge in [-0.2, -0.15) is 0 Å². The summed E-state index contributed by atoms with van der Waals surface area (Å²) in [6.45, 7) is 1.19. The van der Waals surface area contributed by atoms with E-state index in [0.29, 0.717) is 17.7 Å². The molecule has 1 aromatic carbocycles. The molecule has 8 heteroatoms. The molecule has 0 spiro atoms. The number of hydrogen-bond donors (Lipinski definition) is 2. The zero-order valence-electron chi connectivity index (χ0n) is 10.6. The number of amides is 1. The van der Waals surface area contributed by atoms with Crippen LogP contribution in [0.5, 0.6) is 0 Å². The molecule has 3 N–H and O–H groups in total. The van der Waals surface area contributed by atoms with Crippen LogP contribution in [0.1, 0.15) is 23.2 Å². The number of rotatable bonds is 3. The Labute approximate surface area is 125 Å². The summed E-state index contributed by atoms with van der Waals surface area (Å²) in [4.78, 5) is 12.0. The molecule has 1 atom stereocenters. The average Bonchev–Trinajstić information content (AvgIpc) is 2.39. The lowest BCUT2D eigenvalue weighted by atomic mass is 10.1. The van der Waals surface area contributed by atoms with Crippen LogP contribution in [0, 0.1) is 0 Å². The lowest BCUT2D eigenvalue weighted by Crippen LogP contribution is -2.40. The van der Waals surface area contributed by atoms with Crippen LogP contribution >= 0.6 is 15.9 Å². The van der Waals surface area contributed by atoms with Gasteiger partial charge in [-0.05, 0) is 47.0 Å². The van der Waals surface area contributed by atoms with Crippen LogP contribution in [-0.4, -0.2) is 33.6 Å². The summed E-state index contributed by atoms with van der Waals surface area (Å²) in [6.07, 6.45) is 1.75. The zero-order chi connectivity index (χ0) is 14.8. The van der Waals surface area contributed by atoms with E-state index < -0.39 is 10.0 Å². The summed E-state index contributed by atoms with van der Waals surface area (Å²) in [7, 11) is -3.87. The van der Waals surface area contributed by atoms with Gasteiger partial charge in [0.25, 0.3) is 5.91 Å². The molecule has 2 rings (SSSR count). The maximum Gasteiger partial charge on any atom is 0.251 e. The number of benzene rings is 1. The van der Waals surface area contributed by atoms with Gasteiger partial charge < -0.3 is 10.1 Å². The van der Waals surface area contributed by atoms with Crippen molar-refractivity contribution in [1.29, 1.82) is 0 Å². The number of sulfonamides is 1. The molecule has 0 saturated carbocycles. The number of carbonyl (C=O) groups is 1. The molecule has 1 heterocycles. The van der Waals surface area contributed by atoms with E-state index in [4.69, 9.17) is 9.88 Å². The standard InChI is InChI=1S/C12H15BrN2O4S/c13-10-4-3-8(6-11(10)20(14,17)18)12(16)15-9-2-1-5-19-7-9/h3-4,6,9H,1-2,5,7H2,(H,15,16)(H2,14,17,18). The van der Waals surface area contributed by atoms with Gasteiger partial charge in [0, 0.05) is 16.6 Å². The topological polar surface area (TPSA) is 98.5 Å². The highest BCUT2D eigenvalue weighted by atomic mass is 79.9. The van der Waals surface area contributed by atoms with E-state index in [1.807, 2.05) is 0 Å². The van der Waals surface area contributed by atoms with E-state index in [-0.39, 0.29) is 22.4 Å². The molecule has 0 aromatic heterocycles. The first kappa shape index (κ1) is 15.4. The van der Waals surface area contributed by atoms with Gasteiger partial charge in [0.15, 0.2) is 0 Å². The lowest BCUT2D eigenvalue weighted by Gasteiger charge is -2.23. The fourth-order valence-electron chi connectivity index (χ4n) is 1.99. The predicted octanol–water partition coefficient (Wildman–Crippen LogP) is 1.01. The normalized spacial score (nSPS) is 19.6. The Morgan fingerprint density at radius 3 is 2.80 bits per heavy atom. The van der Waals surface area contributed by atoms with Crippen LogP contribution in [-0.2, 0) is 14.8 Å². The molecule has 1 amide bonds. The van der Waals surface area contributed by atoms with Gasteiger partial charge in [0.1, 0.15) is 0 Å². The van der Waals surface area contributed by atoms with E-state index in [1.165, 1.54) is 18.2 Å². The smallest absolute Gasteiger partial charge is 0.251 e. The Hall–Kier alpha value is -0.960. The first-order chi connectivity index (χ1) is 9.38. The van der Waals surface area contributed by atoms with Crippen molar-refractivity contribution in [3.8, 4) is 0 Å². The molecule has 1 aliphatic heterocycles. The number of carbonyl (C=O) groups excluding carboxylic acids is 1. The monoisotopic (exact) mass is 362 g/mol. The first-order valence-electron chi connectivity index (χ1n) is 6.09. The van der Waals surface area contributed by atoms with E-state index in [2.05, 4.69) is 21.2 Å². The average molecular weight is 363 g/mol. The van der Waals surface area contributed by atoms with E-state index in [0.717, 1.165) is 12.8 Å². The highest BCUT2D eigenvalue weighted by Gasteiger charge is 2.19. The Morgan fingerprint density at radius 1 is 1.45 bits per heavy atom. The van der Waals surface area contributed by atoms with Crippen LogP contribution < -0.4 is 10.5 Å². The summed E-state index contributed by atoms with van der Waals surface area (Å²) in [5, 5.41) is 7.92. The molecule has 1 saturated heterocycles. The quantitative estimate of drug-likeness (QED) is 0.837. The minimum atomic E-state index is -3.87. The van der Waals surface area contributed by atoms with Crippen molar-refractivity contribution in [2.24, 2.45) is 5.14 Å². The van der Waals surface area contributed by atoms with E-state index in [1.54, 1.807) is 0 Å². The maximum atomic E-state index is 12.1. The third-order valence-corrected chi connectivity index (χ3v) is 4.90. The molecular formula is C12H15BrN2O4S. The minimum absolute atomic E-state index is 0.0437. The second kappa shape index (κ2) is 6.21. The van der Waals surface area contributed by atoms with Gasteiger partial charge in [-0.25, -0.2) is 13.6 Å². The van der Waals surface area contributed by atoms with Gasteiger partial charge in [-0.1, -0.05) is 0 Å². The van der Waals surface area contributed by atoms with Crippen molar-refractivity contribution < 1.29 is 17.9 Å². The van der Waals surface area contributed by atoms with Gasteiger partial charge in [-0.15, -0.1) is 0 Å². The second-order valence-corrected chi connectivity index (χ2v) is 6.96. The second-order valence-electron chi connectivity index (χ2n) is 4.58. The summed E-state index contributed by atoms with van der Waals surface area (Å²) in [6, 6.07) is 4.25. The highest BCUT2D eigenvalue weighted by molar-refractivity contribution is 9.10. The number of ether oxygens (including phenoxy) is 1. The predicted molar refractivity (Wildman–Crippen MR) is 76.8 cm³/mol. The minimum Gasteiger partial charge on any atom is -0.379 e. The van der Waals surface area contributed by atoms with Gasteiger partial charge >= 0.3 is 0 Å².